The van der Waals surface area contributed by atoms with Gasteiger partial charge in [0.15, 0.2) is 5.15 Å². The zero-order valence-corrected chi connectivity index (χ0v) is 12.8. The van der Waals surface area contributed by atoms with Crippen LogP contribution in [0.5, 0.6) is 0 Å². The lowest BCUT2D eigenvalue weighted by molar-refractivity contribution is 0.328. The van der Waals surface area contributed by atoms with Gasteiger partial charge in [0.1, 0.15) is 5.82 Å². The standard InChI is InChI=1S/C14H26ClN3/c1-5-8-9-12-17-11(13(15)18-12)10-16-14(4,6-2)7-3/h16H,5-10H2,1-4H3,(H,17,18). The second-order valence-electron chi connectivity index (χ2n) is 5.18. The molecule has 1 aromatic rings. The molecule has 0 saturated carbocycles. The molecule has 18 heavy (non-hydrogen) atoms. The van der Waals surface area contributed by atoms with E-state index in [9.17, 15) is 0 Å². The first-order valence-electron chi connectivity index (χ1n) is 7.03. The van der Waals surface area contributed by atoms with Crippen LogP contribution in [0.25, 0.3) is 0 Å². The topological polar surface area (TPSA) is 40.7 Å². The van der Waals surface area contributed by atoms with Gasteiger partial charge in [-0.2, -0.15) is 0 Å². The molecule has 0 unspecified atom stereocenters. The van der Waals surface area contributed by atoms with E-state index in [0.717, 1.165) is 43.7 Å². The van der Waals surface area contributed by atoms with Crippen LogP contribution in [-0.2, 0) is 13.0 Å². The van der Waals surface area contributed by atoms with Gasteiger partial charge in [-0.15, -0.1) is 0 Å². The summed E-state index contributed by atoms with van der Waals surface area (Å²) in [5, 5.41) is 4.18. The minimum atomic E-state index is 0.179. The summed E-state index contributed by atoms with van der Waals surface area (Å²) in [7, 11) is 0. The van der Waals surface area contributed by atoms with E-state index in [-0.39, 0.29) is 5.54 Å². The number of aromatic nitrogens is 2. The number of nitrogens with one attached hydrogen (secondary N) is 2. The predicted molar refractivity (Wildman–Crippen MR) is 78.0 cm³/mol. The maximum atomic E-state index is 6.16. The second-order valence-corrected chi connectivity index (χ2v) is 5.54. The fourth-order valence-electron chi connectivity index (χ4n) is 1.82. The molecule has 0 amide bonds. The average Bonchev–Trinajstić information content (AvgIpc) is 2.74. The van der Waals surface area contributed by atoms with E-state index in [0.29, 0.717) is 5.15 Å². The number of rotatable bonds is 8. The molecule has 0 aliphatic heterocycles. The normalized spacial score (nSPS) is 12.1. The molecule has 1 aromatic heterocycles. The SMILES string of the molecule is CCCCc1nc(Cl)c(CNC(C)(CC)CC)[nH]1. The number of aryl methyl sites for hydroxylation is 1. The van der Waals surface area contributed by atoms with E-state index in [1.807, 2.05) is 0 Å². The molecule has 4 heteroatoms. The molecule has 0 atom stereocenters. The Labute approximate surface area is 116 Å². The van der Waals surface area contributed by atoms with E-state index in [1.165, 1.54) is 6.42 Å². The first-order valence-corrected chi connectivity index (χ1v) is 7.40. The summed E-state index contributed by atoms with van der Waals surface area (Å²) < 4.78 is 0. The molecule has 1 rings (SSSR count). The van der Waals surface area contributed by atoms with Gasteiger partial charge in [0.2, 0.25) is 0 Å². The van der Waals surface area contributed by atoms with Gasteiger partial charge >= 0.3 is 0 Å². The Kier molecular flexibility index (Phi) is 6.16. The van der Waals surface area contributed by atoms with Gasteiger partial charge in [-0.1, -0.05) is 38.8 Å². The smallest absolute Gasteiger partial charge is 0.151 e. The molecule has 0 fully saturated rings. The Morgan fingerprint density at radius 1 is 1.28 bits per heavy atom. The summed E-state index contributed by atoms with van der Waals surface area (Å²) in [6.45, 7) is 9.60. The van der Waals surface area contributed by atoms with Crippen molar-refractivity contribution in [2.24, 2.45) is 0 Å². The fourth-order valence-corrected chi connectivity index (χ4v) is 2.04. The van der Waals surface area contributed by atoms with Crippen LogP contribution in [-0.4, -0.2) is 15.5 Å². The van der Waals surface area contributed by atoms with Gasteiger partial charge in [0.25, 0.3) is 0 Å². The second kappa shape index (κ2) is 7.15. The number of hydrogen-bond acceptors (Lipinski definition) is 2. The number of imidazole rings is 1. The van der Waals surface area contributed by atoms with Crippen molar-refractivity contribution in [3.05, 3.63) is 16.7 Å². The summed E-state index contributed by atoms with van der Waals surface area (Å²) in [4.78, 5) is 7.70. The Morgan fingerprint density at radius 2 is 1.94 bits per heavy atom. The molecule has 3 nitrogen and oxygen atoms in total. The molecule has 0 radical (unpaired) electrons. The minimum Gasteiger partial charge on any atom is -0.344 e. The third kappa shape index (κ3) is 4.29. The molecule has 0 bridgehead atoms. The highest BCUT2D eigenvalue weighted by Gasteiger charge is 2.19. The lowest BCUT2D eigenvalue weighted by atomic mass is 9.95. The lowest BCUT2D eigenvalue weighted by Gasteiger charge is -2.28. The molecule has 104 valence electrons. The third-order valence-corrected chi connectivity index (χ3v) is 4.11. The van der Waals surface area contributed by atoms with Crippen molar-refractivity contribution in [3.63, 3.8) is 0 Å². The molecule has 0 aromatic carbocycles. The Hall–Kier alpha value is -0.540. The van der Waals surface area contributed by atoms with Crippen LogP contribution in [0, 0.1) is 0 Å². The van der Waals surface area contributed by atoms with Crippen LogP contribution < -0.4 is 5.32 Å². The summed E-state index contributed by atoms with van der Waals surface area (Å²) in [5.74, 6) is 1.01. The summed E-state index contributed by atoms with van der Waals surface area (Å²) in [5.41, 5.74) is 1.19. The fraction of sp³-hybridized carbons (Fsp3) is 0.786. The number of nitrogens with zero attached hydrogens (tertiary/aromatic N) is 1. The Morgan fingerprint density at radius 3 is 2.50 bits per heavy atom. The monoisotopic (exact) mass is 271 g/mol. The molecule has 0 aliphatic carbocycles. The number of hydrogen-bond donors (Lipinski definition) is 2. The number of unbranched alkanes of at least 4 members (excludes halogenated alkanes) is 1. The van der Waals surface area contributed by atoms with Crippen LogP contribution in [0.4, 0.5) is 0 Å². The first kappa shape index (κ1) is 15.5. The number of halogens is 1. The predicted octanol–water partition coefficient (Wildman–Crippen LogP) is 4.07. The van der Waals surface area contributed by atoms with Crippen molar-refractivity contribution >= 4 is 11.6 Å². The summed E-state index contributed by atoms with van der Waals surface area (Å²) in [6, 6.07) is 0. The van der Waals surface area contributed by atoms with Crippen molar-refractivity contribution in [3.8, 4) is 0 Å². The van der Waals surface area contributed by atoms with E-state index in [1.54, 1.807) is 0 Å². The highest BCUT2D eigenvalue weighted by atomic mass is 35.5. The highest BCUT2D eigenvalue weighted by molar-refractivity contribution is 6.30. The van der Waals surface area contributed by atoms with Crippen LogP contribution in [0.1, 0.15) is 64.9 Å². The van der Waals surface area contributed by atoms with Gasteiger partial charge in [0.05, 0.1) is 5.69 Å². The largest absolute Gasteiger partial charge is 0.344 e. The molecule has 0 spiro atoms. The van der Waals surface area contributed by atoms with E-state index in [2.05, 4.69) is 43.0 Å². The zero-order valence-electron chi connectivity index (χ0n) is 12.1. The molecular formula is C14H26ClN3. The van der Waals surface area contributed by atoms with Crippen molar-refractivity contribution in [2.75, 3.05) is 0 Å². The third-order valence-electron chi connectivity index (χ3n) is 3.80. The summed E-state index contributed by atoms with van der Waals surface area (Å²) in [6.07, 6.45) is 5.53. The molecule has 2 N–H and O–H groups in total. The maximum absolute atomic E-state index is 6.16. The van der Waals surface area contributed by atoms with Gasteiger partial charge < -0.3 is 10.3 Å². The van der Waals surface area contributed by atoms with Gasteiger partial charge in [-0.3, -0.25) is 0 Å². The van der Waals surface area contributed by atoms with Gasteiger partial charge in [-0.25, -0.2) is 4.98 Å². The van der Waals surface area contributed by atoms with Crippen LogP contribution in [0.3, 0.4) is 0 Å². The number of H-pyrrole nitrogens is 1. The minimum absolute atomic E-state index is 0.179. The van der Waals surface area contributed by atoms with Crippen LogP contribution in [0.15, 0.2) is 0 Å². The molecule has 0 aliphatic rings. The van der Waals surface area contributed by atoms with Crippen LogP contribution >= 0.6 is 11.6 Å². The van der Waals surface area contributed by atoms with Gasteiger partial charge in [-0.05, 0) is 26.2 Å². The molecule has 0 saturated heterocycles. The quantitative estimate of drug-likeness (QED) is 0.748. The van der Waals surface area contributed by atoms with Crippen molar-refractivity contribution < 1.29 is 0 Å². The Balaban J connectivity index is 2.59. The van der Waals surface area contributed by atoms with E-state index >= 15 is 0 Å². The van der Waals surface area contributed by atoms with Crippen molar-refractivity contribution in [1.82, 2.24) is 15.3 Å². The average molecular weight is 272 g/mol. The Bertz CT molecular complexity index is 356. The maximum Gasteiger partial charge on any atom is 0.151 e. The van der Waals surface area contributed by atoms with E-state index < -0.39 is 0 Å². The highest BCUT2D eigenvalue weighted by Crippen LogP contribution is 2.18. The molecule has 1 heterocycles. The van der Waals surface area contributed by atoms with E-state index in [4.69, 9.17) is 11.6 Å². The van der Waals surface area contributed by atoms with Crippen LogP contribution in [0.2, 0.25) is 5.15 Å². The molecular weight excluding hydrogens is 246 g/mol. The zero-order chi connectivity index (χ0) is 13.6. The summed E-state index contributed by atoms with van der Waals surface area (Å²) >= 11 is 6.16. The van der Waals surface area contributed by atoms with Gasteiger partial charge in [0, 0.05) is 18.5 Å². The van der Waals surface area contributed by atoms with Crippen molar-refractivity contribution in [2.45, 2.75) is 71.9 Å². The van der Waals surface area contributed by atoms with Crippen molar-refractivity contribution in [1.29, 1.82) is 0 Å². The number of aromatic amines is 1. The lowest BCUT2D eigenvalue weighted by Crippen LogP contribution is -2.40. The first-order chi connectivity index (χ1) is 8.54.